The Hall–Kier alpha value is -1.59. The fourth-order valence-corrected chi connectivity index (χ4v) is 3.46. The minimum absolute atomic E-state index is 0.00126. The number of nitrogens with one attached hydrogen (secondary N) is 1. The maximum atomic E-state index is 12.6. The molecule has 5 nitrogen and oxygen atoms in total. The zero-order chi connectivity index (χ0) is 16.3. The Morgan fingerprint density at radius 3 is 2.70 bits per heavy atom. The summed E-state index contributed by atoms with van der Waals surface area (Å²) in [5.41, 5.74) is 1.11. The highest BCUT2D eigenvalue weighted by atomic mass is 16.7. The molecule has 2 amide bonds. The van der Waals surface area contributed by atoms with E-state index >= 15 is 0 Å². The summed E-state index contributed by atoms with van der Waals surface area (Å²) < 4.78 is 11.6. The van der Waals surface area contributed by atoms with Gasteiger partial charge in [-0.2, -0.15) is 0 Å². The predicted molar refractivity (Wildman–Crippen MR) is 88.0 cm³/mol. The van der Waals surface area contributed by atoms with Crippen LogP contribution in [0.3, 0.4) is 0 Å². The second-order valence-corrected chi connectivity index (χ2v) is 6.58. The molecular formula is C18H26N2O3. The van der Waals surface area contributed by atoms with E-state index in [9.17, 15) is 4.79 Å². The van der Waals surface area contributed by atoms with E-state index in [2.05, 4.69) is 5.32 Å². The number of carbonyl (C=O) groups excluding carboxylic acids is 1. The third kappa shape index (κ3) is 3.67. The van der Waals surface area contributed by atoms with Crippen molar-refractivity contribution in [2.45, 2.75) is 38.5 Å². The smallest absolute Gasteiger partial charge is 0.317 e. The molecule has 2 aliphatic rings. The first-order valence-electron chi connectivity index (χ1n) is 8.47. The highest BCUT2D eigenvalue weighted by molar-refractivity contribution is 5.74. The van der Waals surface area contributed by atoms with E-state index in [0.717, 1.165) is 24.9 Å². The Bertz CT molecular complexity index is 528. The van der Waals surface area contributed by atoms with Gasteiger partial charge in [-0.05, 0) is 32.3 Å². The molecule has 0 bridgehead atoms. The SMILES string of the molecule is C[C@H](NC(=O)N1CCC[C@@H](C2(C)OCCO2)C1)c1ccccc1. The number of piperidine rings is 1. The lowest BCUT2D eigenvalue weighted by molar-refractivity contribution is -0.189. The number of benzene rings is 1. The Morgan fingerprint density at radius 2 is 2.00 bits per heavy atom. The standard InChI is InChI=1S/C18H26N2O3/c1-14(15-7-4-3-5-8-15)19-17(21)20-10-6-9-16(13-20)18(2)22-11-12-23-18/h3-5,7-8,14,16H,6,9-13H2,1-2H3,(H,19,21)/t14-,16+/m0/s1. The van der Waals surface area contributed by atoms with Crippen LogP contribution in [0.15, 0.2) is 30.3 Å². The lowest BCUT2D eigenvalue weighted by Crippen LogP contribution is -2.51. The van der Waals surface area contributed by atoms with Crippen LogP contribution in [-0.4, -0.2) is 43.0 Å². The van der Waals surface area contributed by atoms with Crippen LogP contribution >= 0.6 is 0 Å². The van der Waals surface area contributed by atoms with Crippen molar-refractivity contribution in [2.75, 3.05) is 26.3 Å². The van der Waals surface area contributed by atoms with E-state index in [1.54, 1.807) is 0 Å². The van der Waals surface area contributed by atoms with E-state index < -0.39 is 5.79 Å². The molecule has 2 aliphatic heterocycles. The monoisotopic (exact) mass is 318 g/mol. The third-order valence-corrected chi connectivity index (χ3v) is 4.95. The fourth-order valence-electron chi connectivity index (χ4n) is 3.46. The number of urea groups is 1. The molecule has 0 radical (unpaired) electrons. The number of hydrogen-bond acceptors (Lipinski definition) is 3. The normalized spacial score (nSPS) is 25.1. The molecule has 126 valence electrons. The van der Waals surface area contributed by atoms with Gasteiger partial charge in [-0.3, -0.25) is 0 Å². The van der Waals surface area contributed by atoms with Gasteiger partial charge in [0.15, 0.2) is 5.79 Å². The Balaban J connectivity index is 1.59. The molecule has 1 N–H and O–H groups in total. The Morgan fingerprint density at radius 1 is 1.30 bits per heavy atom. The van der Waals surface area contributed by atoms with Crippen molar-refractivity contribution in [3.05, 3.63) is 35.9 Å². The number of rotatable bonds is 3. The molecule has 5 heteroatoms. The summed E-state index contributed by atoms with van der Waals surface area (Å²) in [6.45, 7) is 6.77. The summed E-state index contributed by atoms with van der Waals surface area (Å²) in [6.07, 6.45) is 2.02. The molecule has 2 atom stereocenters. The largest absolute Gasteiger partial charge is 0.347 e. The molecule has 0 saturated carbocycles. The molecule has 3 rings (SSSR count). The van der Waals surface area contributed by atoms with Gasteiger partial charge in [-0.1, -0.05) is 30.3 Å². The number of ether oxygens (including phenoxy) is 2. The van der Waals surface area contributed by atoms with Crippen molar-refractivity contribution in [1.82, 2.24) is 10.2 Å². The molecule has 1 aromatic carbocycles. The van der Waals surface area contributed by atoms with Gasteiger partial charge < -0.3 is 19.7 Å². The zero-order valence-electron chi connectivity index (χ0n) is 14.0. The number of nitrogens with zero attached hydrogens (tertiary/aromatic N) is 1. The minimum atomic E-state index is -0.538. The van der Waals surface area contributed by atoms with Crippen LogP contribution < -0.4 is 5.32 Å². The minimum Gasteiger partial charge on any atom is -0.347 e. The van der Waals surface area contributed by atoms with Gasteiger partial charge in [0.25, 0.3) is 0 Å². The second kappa shape index (κ2) is 6.89. The first kappa shape index (κ1) is 16.3. The summed E-state index contributed by atoms with van der Waals surface area (Å²) in [5, 5.41) is 3.09. The molecule has 2 saturated heterocycles. The lowest BCUT2D eigenvalue weighted by atomic mass is 9.90. The maximum Gasteiger partial charge on any atom is 0.317 e. The van der Waals surface area contributed by atoms with Gasteiger partial charge >= 0.3 is 6.03 Å². The van der Waals surface area contributed by atoms with E-state index in [1.165, 1.54) is 0 Å². The van der Waals surface area contributed by atoms with Gasteiger partial charge in [-0.25, -0.2) is 4.79 Å². The van der Waals surface area contributed by atoms with Crippen molar-refractivity contribution >= 4 is 6.03 Å². The van der Waals surface area contributed by atoms with Crippen LogP contribution in [0.1, 0.15) is 38.3 Å². The Labute approximate surface area is 137 Å². The van der Waals surface area contributed by atoms with Crippen LogP contribution in [0.2, 0.25) is 0 Å². The summed E-state index contributed by atoms with van der Waals surface area (Å²) in [6, 6.07) is 10.0. The third-order valence-electron chi connectivity index (χ3n) is 4.95. The maximum absolute atomic E-state index is 12.6. The molecule has 2 heterocycles. The first-order chi connectivity index (χ1) is 11.1. The molecule has 0 spiro atoms. The summed E-state index contributed by atoms with van der Waals surface area (Å²) in [5.74, 6) is -0.305. The van der Waals surface area contributed by atoms with Crippen LogP contribution in [-0.2, 0) is 9.47 Å². The lowest BCUT2D eigenvalue weighted by Gasteiger charge is -2.40. The van der Waals surface area contributed by atoms with Crippen LogP contribution in [0.25, 0.3) is 0 Å². The van der Waals surface area contributed by atoms with Crippen molar-refractivity contribution in [1.29, 1.82) is 0 Å². The summed E-state index contributed by atoms with van der Waals surface area (Å²) in [4.78, 5) is 14.5. The van der Waals surface area contributed by atoms with E-state index in [0.29, 0.717) is 19.8 Å². The molecule has 0 aromatic heterocycles. The molecule has 2 fully saturated rings. The number of carbonyl (C=O) groups is 1. The zero-order valence-corrected chi connectivity index (χ0v) is 14.0. The first-order valence-corrected chi connectivity index (χ1v) is 8.47. The van der Waals surface area contributed by atoms with Crippen molar-refractivity contribution in [2.24, 2.45) is 5.92 Å². The average Bonchev–Trinajstić information content (AvgIpc) is 3.04. The molecular weight excluding hydrogens is 292 g/mol. The van der Waals surface area contributed by atoms with E-state index in [1.807, 2.05) is 49.1 Å². The molecule has 0 aliphatic carbocycles. The van der Waals surface area contributed by atoms with Crippen LogP contribution in [0.4, 0.5) is 4.79 Å². The number of hydrogen-bond donors (Lipinski definition) is 1. The highest BCUT2D eigenvalue weighted by Crippen LogP contribution is 2.34. The van der Waals surface area contributed by atoms with Crippen molar-refractivity contribution in [3.8, 4) is 0 Å². The van der Waals surface area contributed by atoms with Crippen molar-refractivity contribution < 1.29 is 14.3 Å². The van der Waals surface area contributed by atoms with E-state index in [-0.39, 0.29) is 18.0 Å². The van der Waals surface area contributed by atoms with Crippen molar-refractivity contribution in [3.63, 3.8) is 0 Å². The number of likely N-dealkylation sites (tertiary alicyclic amines) is 1. The molecule has 0 unspecified atom stereocenters. The highest BCUT2D eigenvalue weighted by Gasteiger charge is 2.42. The van der Waals surface area contributed by atoms with E-state index in [4.69, 9.17) is 9.47 Å². The van der Waals surface area contributed by atoms with Gasteiger partial charge in [0, 0.05) is 19.0 Å². The predicted octanol–water partition coefficient (Wildman–Crippen LogP) is 2.93. The van der Waals surface area contributed by atoms with Gasteiger partial charge in [0.05, 0.1) is 19.3 Å². The summed E-state index contributed by atoms with van der Waals surface area (Å²) in [7, 11) is 0. The van der Waals surface area contributed by atoms with Gasteiger partial charge in [0.1, 0.15) is 0 Å². The number of amides is 2. The fraction of sp³-hybridized carbons (Fsp3) is 0.611. The molecule has 23 heavy (non-hydrogen) atoms. The average molecular weight is 318 g/mol. The Kier molecular flexibility index (Phi) is 4.87. The topological polar surface area (TPSA) is 50.8 Å². The summed E-state index contributed by atoms with van der Waals surface area (Å²) >= 11 is 0. The second-order valence-electron chi connectivity index (χ2n) is 6.58. The molecule has 1 aromatic rings. The van der Waals surface area contributed by atoms with Crippen LogP contribution in [0.5, 0.6) is 0 Å². The van der Waals surface area contributed by atoms with Crippen LogP contribution in [0, 0.1) is 5.92 Å². The quantitative estimate of drug-likeness (QED) is 0.932. The van der Waals surface area contributed by atoms with Gasteiger partial charge in [0.2, 0.25) is 0 Å². The van der Waals surface area contributed by atoms with Gasteiger partial charge in [-0.15, -0.1) is 0 Å².